The van der Waals surface area contributed by atoms with Crippen LogP contribution in [0.3, 0.4) is 0 Å². The van der Waals surface area contributed by atoms with Crippen LogP contribution in [0.1, 0.15) is 6.92 Å². The van der Waals surface area contributed by atoms with E-state index >= 15 is 0 Å². The molecule has 2 heterocycles. The van der Waals surface area contributed by atoms with Crippen molar-refractivity contribution in [2.75, 3.05) is 0 Å². The van der Waals surface area contributed by atoms with Gasteiger partial charge < -0.3 is 54.7 Å². The number of aromatic hydroxyl groups is 5. The fraction of sp³-hybridized carbons (Fsp3) is 0.286. The molecule has 1 aliphatic heterocycles. The Morgan fingerprint density at radius 3 is 2.12 bits per heavy atom. The van der Waals surface area contributed by atoms with E-state index in [0.717, 1.165) is 24.3 Å². The molecule has 1 saturated heterocycles. The molecule has 3 aromatic rings. The van der Waals surface area contributed by atoms with Gasteiger partial charge in [-0.05, 0) is 19.1 Å². The number of rotatable bonds is 3. The third-order valence-electron chi connectivity index (χ3n) is 5.29. The van der Waals surface area contributed by atoms with Crippen LogP contribution in [0.15, 0.2) is 33.5 Å². The van der Waals surface area contributed by atoms with Crippen LogP contribution >= 0.6 is 0 Å². The summed E-state index contributed by atoms with van der Waals surface area (Å²) < 4.78 is 16.5. The molecule has 33 heavy (non-hydrogen) atoms. The third kappa shape index (κ3) is 3.74. The number of benzene rings is 2. The van der Waals surface area contributed by atoms with Gasteiger partial charge in [-0.3, -0.25) is 4.79 Å². The number of phenolic OH excluding ortho intramolecular Hbond substituents is 5. The van der Waals surface area contributed by atoms with Gasteiger partial charge in [0.15, 0.2) is 23.0 Å². The van der Waals surface area contributed by atoms with Gasteiger partial charge in [0.1, 0.15) is 40.8 Å². The first-order chi connectivity index (χ1) is 15.5. The molecule has 1 aliphatic rings. The van der Waals surface area contributed by atoms with E-state index in [1.165, 1.54) is 6.92 Å². The van der Waals surface area contributed by atoms with Crippen molar-refractivity contribution in [1.29, 1.82) is 0 Å². The quantitative estimate of drug-likeness (QED) is 0.244. The smallest absolute Gasteiger partial charge is 0.239 e. The molecule has 12 heteroatoms. The lowest BCUT2D eigenvalue weighted by Crippen LogP contribution is -2.58. The van der Waals surface area contributed by atoms with Gasteiger partial charge in [0.25, 0.3) is 0 Å². The van der Waals surface area contributed by atoms with Gasteiger partial charge in [-0.2, -0.15) is 0 Å². The van der Waals surface area contributed by atoms with Crippen molar-refractivity contribution in [1.82, 2.24) is 0 Å². The molecule has 0 radical (unpaired) electrons. The van der Waals surface area contributed by atoms with Gasteiger partial charge in [0, 0.05) is 17.7 Å². The molecule has 1 fully saturated rings. The van der Waals surface area contributed by atoms with Crippen LogP contribution in [0.4, 0.5) is 0 Å². The van der Waals surface area contributed by atoms with Crippen molar-refractivity contribution >= 4 is 11.0 Å². The Morgan fingerprint density at radius 1 is 0.848 bits per heavy atom. The predicted molar refractivity (Wildman–Crippen MR) is 109 cm³/mol. The summed E-state index contributed by atoms with van der Waals surface area (Å²) in [5, 5.41) is 79.1. The second-order valence-electron chi connectivity index (χ2n) is 7.59. The number of aliphatic hydroxyl groups is 3. The van der Waals surface area contributed by atoms with Crippen LogP contribution in [0.2, 0.25) is 0 Å². The maximum absolute atomic E-state index is 13.2. The molecule has 0 amide bonds. The molecule has 0 unspecified atom stereocenters. The molecule has 2 aromatic carbocycles. The maximum atomic E-state index is 13.2. The van der Waals surface area contributed by atoms with E-state index in [9.17, 15) is 45.6 Å². The summed E-state index contributed by atoms with van der Waals surface area (Å²) in [5.41, 5.74) is -1.45. The molecule has 8 N–H and O–H groups in total. The predicted octanol–water partition coefficient (Wildman–Crippen LogP) is 0.194. The minimum atomic E-state index is -1.80. The summed E-state index contributed by atoms with van der Waals surface area (Å²) >= 11 is 0. The van der Waals surface area contributed by atoms with Crippen LogP contribution in [-0.4, -0.2) is 71.6 Å². The van der Waals surface area contributed by atoms with Crippen molar-refractivity contribution < 1.29 is 54.7 Å². The van der Waals surface area contributed by atoms with Crippen LogP contribution in [0.25, 0.3) is 22.3 Å². The Labute approximate surface area is 184 Å². The second kappa shape index (κ2) is 8.01. The Bertz CT molecular complexity index is 1260. The Morgan fingerprint density at radius 2 is 1.48 bits per heavy atom. The highest BCUT2D eigenvalue weighted by Crippen LogP contribution is 2.43. The fourth-order valence-corrected chi connectivity index (χ4v) is 3.53. The van der Waals surface area contributed by atoms with E-state index in [4.69, 9.17) is 13.9 Å². The zero-order valence-electron chi connectivity index (χ0n) is 16.9. The highest BCUT2D eigenvalue weighted by Gasteiger charge is 2.44. The van der Waals surface area contributed by atoms with Crippen molar-refractivity contribution in [3.8, 4) is 45.8 Å². The zero-order valence-corrected chi connectivity index (χ0v) is 16.9. The molecule has 12 nitrogen and oxygen atoms in total. The number of hydrogen-bond donors (Lipinski definition) is 8. The van der Waals surface area contributed by atoms with Crippen LogP contribution in [-0.2, 0) is 4.74 Å². The Kier molecular flexibility index (Phi) is 5.46. The fourth-order valence-electron chi connectivity index (χ4n) is 3.53. The largest absolute Gasteiger partial charge is 0.508 e. The zero-order chi connectivity index (χ0) is 24.2. The van der Waals surface area contributed by atoms with Crippen LogP contribution in [0, 0.1) is 0 Å². The summed E-state index contributed by atoms with van der Waals surface area (Å²) in [6.45, 7) is 1.39. The minimum Gasteiger partial charge on any atom is -0.508 e. The molecule has 0 aliphatic carbocycles. The molecule has 4 rings (SSSR count). The van der Waals surface area contributed by atoms with Crippen molar-refractivity contribution in [2.24, 2.45) is 0 Å². The summed E-state index contributed by atoms with van der Waals surface area (Å²) in [5.74, 6) is -4.55. The highest BCUT2D eigenvalue weighted by atomic mass is 16.7. The first-order valence-electron chi connectivity index (χ1n) is 9.64. The molecular weight excluding hydrogens is 444 g/mol. The highest BCUT2D eigenvalue weighted by molar-refractivity contribution is 5.88. The van der Waals surface area contributed by atoms with Gasteiger partial charge in [-0.25, -0.2) is 0 Å². The second-order valence-corrected chi connectivity index (χ2v) is 7.59. The molecule has 0 saturated carbocycles. The number of hydrogen-bond acceptors (Lipinski definition) is 12. The maximum Gasteiger partial charge on any atom is 0.239 e. The average Bonchev–Trinajstić information content (AvgIpc) is 2.74. The van der Waals surface area contributed by atoms with Crippen molar-refractivity contribution in [2.45, 2.75) is 37.6 Å². The van der Waals surface area contributed by atoms with Crippen LogP contribution < -0.4 is 10.2 Å². The standard InChI is InChI=1S/C21H20O12/c1-6-14(26)17(29)18(30)21(31-6)33-20-16(28)13-9(23)4-8(22)5-12(13)32-19(20)7-2-10(24)15(27)11(25)3-7/h2-6,14,17-18,21-27,29-30H,1H3/t6-,14-,17+,18-,21+/m1/s1. The van der Waals surface area contributed by atoms with E-state index in [1.807, 2.05) is 0 Å². The summed E-state index contributed by atoms with van der Waals surface area (Å²) in [4.78, 5) is 13.2. The van der Waals surface area contributed by atoms with Gasteiger partial charge in [0.05, 0.1) is 6.10 Å². The lowest BCUT2D eigenvalue weighted by atomic mass is 10.00. The van der Waals surface area contributed by atoms with E-state index < -0.39 is 81.8 Å². The summed E-state index contributed by atoms with van der Waals surface area (Å²) in [7, 11) is 0. The molecule has 1 aromatic heterocycles. The molecule has 0 bridgehead atoms. The average molecular weight is 464 g/mol. The summed E-state index contributed by atoms with van der Waals surface area (Å²) in [6.07, 6.45) is -7.59. The van der Waals surface area contributed by atoms with E-state index in [0.29, 0.717) is 0 Å². The Hall–Kier alpha value is -3.71. The van der Waals surface area contributed by atoms with Gasteiger partial charge >= 0.3 is 0 Å². The number of phenols is 5. The molecule has 176 valence electrons. The normalized spacial score (nSPS) is 25.3. The first-order valence-corrected chi connectivity index (χ1v) is 9.64. The van der Waals surface area contributed by atoms with Crippen molar-refractivity contribution in [3.05, 3.63) is 34.5 Å². The topological polar surface area (TPSA) is 211 Å². The monoisotopic (exact) mass is 464 g/mol. The molecular formula is C21H20O12. The molecule has 0 spiro atoms. The Balaban J connectivity index is 1.95. The minimum absolute atomic E-state index is 0.168. The molecule has 5 atom stereocenters. The van der Waals surface area contributed by atoms with Crippen molar-refractivity contribution in [3.63, 3.8) is 0 Å². The van der Waals surface area contributed by atoms with Gasteiger partial charge in [-0.1, -0.05) is 0 Å². The van der Waals surface area contributed by atoms with Gasteiger partial charge in [0.2, 0.25) is 17.5 Å². The lowest BCUT2D eigenvalue weighted by Gasteiger charge is -2.38. The van der Waals surface area contributed by atoms with E-state index in [-0.39, 0.29) is 11.1 Å². The lowest BCUT2D eigenvalue weighted by molar-refractivity contribution is -0.268. The SMILES string of the molecule is C[C@H]1O[C@@H](Oc2c(-c3cc(O)c(O)c(O)c3)oc3cc(O)cc(O)c3c2=O)[C@H](O)[C@@H](O)[C@@H]1O. The summed E-state index contributed by atoms with van der Waals surface area (Å²) in [6, 6.07) is 3.79. The van der Waals surface area contributed by atoms with E-state index in [1.54, 1.807) is 0 Å². The first kappa shape index (κ1) is 22.5. The third-order valence-corrected chi connectivity index (χ3v) is 5.29. The number of fused-ring (bicyclic) bond motifs is 1. The van der Waals surface area contributed by atoms with Crippen LogP contribution in [0.5, 0.6) is 34.5 Å². The number of aliphatic hydroxyl groups excluding tert-OH is 3. The number of ether oxygens (including phenoxy) is 2. The van der Waals surface area contributed by atoms with E-state index in [2.05, 4.69) is 0 Å². The van der Waals surface area contributed by atoms with Gasteiger partial charge in [-0.15, -0.1) is 0 Å².